The van der Waals surface area contributed by atoms with E-state index in [-0.39, 0.29) is 31.7 Å². The van der Waals surface area contributed by atoms with Gasteiger partial charge < -0.3 is 14.2 Å². The smallest absolute Gasteiger partial charge is 0.316 e. The van der Waals surface area contributed by atoms with Gasteiger partial charge in [-0.15, -0.1) is 0 Å². The Labute approximate surface area is 172 Å². The number of ether oxygens (including phenoxy) is 3. The lowest BCUT2D eigenvalue weighted by atomic mass is 9.79. The quantitative estimate of drug-likeness (QED) is 0.399. The zero-order chi connectivity index (χ0) is 20.4. The van der Waals surface area contributed by atoms with Crippen molar-refractivity contribution in [1.29, 1.82) is 0 Å². The molecule has 0 amide bonds. The number of hydrogen-bond acceptors (Lipinski definition) is 6. The first-order valence-corrected chi connectivity index (χ1v) is 9.81. The van der Waals surface area contributed by atoms with Gasteiger partial charge in [-0.3, -0.25) is 14.9 Å². The number of esters is 1. The monoisotopic (exact) mass is 417 g/mol. The highest BCUT2D eigenvalue weighted by molar-refractivity contribution is 6.30. The number of carbonyl (C=O) groups excluding carboxylic acids is 1. The molecule has 4 rings (SSSR count). The highest BCUT2D eigenvalue weighted by Crippen LogP contribution is 2.43. The lowest BCUT2D eigenvalue weighted by Crippen LogP contribution is -2.34. The van der Waals surface area contributed by atoms with Gasteiger partial charge in [0, 0.05) is 28.3 Å². The van der Waals surface area contributed by atoms with Gasteiger partial charge >= 0.3 is 5.97 Å². The van der Waals surface area contributed by atoms with Crippen LogP contribution in [0.2, 0.25) is 5.02 Å². The summed E-state index contributed by atoms with van der Waals surface area (Å²) in [6.07, 6.45) is 3.27. The second-order valence-corrected chi connectivity index (χ2v) is 7.77. The van der Waals surface area contributed by atoms with Gasteiger partial charge in [-0.25, -0.2) is 0 Å². The number of rotatable bonds is 5. The molecule has 0 saturated heterocycles. The first-order chi connectivity index (χ1) is 14.0. The van der Waals surface area contributed by atoms with Crippen molar-refractivity contribution in [3.63, 3.8) is 0 Å². The van der Waals surface area contributed by atoms with Crippen LogP contribution in [0.4, 0.5) is 5.69 Å². The summed E-state index contributed by atoms with van der Waals surface area (Å²) < 4.78 is 16.4. The Morgan fingerprint density at radius 1 is 1.21 bits per heavy atom. The van der Waals surface area contributed by atoms with Gasteiger partial charge in [0.1, 0.15) is 12.4 Å². The average Bonchev–Trinajstić information content (AvgIpc) is 3.23. The minimum absolute atomic E-state index is 0.0560. The summed E-state index contributed by atoms with van der Waals surface area (Å²) in [5, 5.41) is 11.9. The number of non-ortho nitro benzene ring substituents is 1. The highest BCUT2D eigenvalue weighted by atomic mass is 35.5. The minimum Gasteiger partial charge on any atom is -0.467 e. The molecule has 0 atom stereocenters. The molecule has 0 unspecified atom stereocenters. The molecule has 2 aliphatic rings. The van der Waals surface area contributed by atoms with Crippen LogP contribution in [0.5, 0.6) is 5.75 Å². The van der Waals surface area contributed by atoms with Gasteiger partial charge in [0.05, 0.1) is 16.9 Å². The van der Waals surface area contributed by atoms with Crippen LogP contribution in [0.1, 0.15) is 42.4 Å². The van der Waals surface area contributed by atoms with Gasteiger partial charge in [-0.2, -0.15) is 0 Å². The second kappa shape index (κ2) is 8.00. The van der Waals surface area contributed by atoms with Crippen LogP contribution < -0.4 is 4.74 Å². The van der Waals surface area contributed by atoms with Crippen LogP contribution in [0, 0.1) is 10.1 Å². The molecule has 0 radical (unpaired) electrons. The topological polar surface area (TPSA) is 87.9 Å². The molecule has 1 aliphatic heterocycles. The molecule has 152 valence electrons. The molecule has 1 saturated carbocycles. The fourth-order valence-corrected chi connectivity index (χ4v) is 4.26. The fraction of sp³-hybridized carbons (Fsp3) is 0.381. The van der Waals surface area contributed by atoms with Crippen molar-refractivity contribution in [2.75, 3.05) is 6.79 Å². The van der Waals surface area contributed by atoms with E-state index in [1.54, 1.807) is 12.1 Å². The Bertz CT molecular complexity index is 937. The lowest BCUT2D eigenvalue weighted by molar-refractivity contribution is -0.385. The maximum Gasteiger partial charge on any atom is 0.316 e. The Morgan fingerprint density at radius 3 is 2.62 bits per heavy atom. The Balaban J connectivity index is 1.59. The zero-order valence-electron chi connectivity index (χ0n) is 15.7. The third-order valence-corrected chi connectivity index (χ3v) is 5.84. The molecular weight excluding hydrogens is 398 g/mol. The molecule has 0 N–H and O–H groups in total. The molecule has 0 aromatic heterocycles. The number of nitro groups is 1. The summed E-state index contributed by atoms with van der Waals surface area (Å²) in [6.45, 7) is 0.172. The number of fused-ring (bicyclic) bond motifs is 1. The zero-order valence-corrected chi connectivity index (χ0v) is 16.4. The van der Waals surface area contributed by atoms with Crippen molar-refractivity contribution in [2.45, 2.75) is 44.3 Å². The van der Waals surface area contributed by atoms with Gasteiger partial charge in [-0.1, -0.05) is 36.6 Å². The summed E-state index contributed by atoms with van der Waals surface area (Å²) in [5.74, 6) is 0.159. The standard InChI is InChI=1S/C21H20ClNO6/c22-17-5-3-16(4-6-17)21(7-1-2-8-21)20(24)28-12-15-10-18(23(25)26)9-14-11-27-13-29-19(14)15/h3-6,9-10H,1-2,7-8,11-13H2. The van der Waals surface area contributed by atoms with E-state index >= 15 is 0 Å². The van der Waals surface area contributed by atoms with Gasteiger partial charge in [0.15, 0.2) is 6.79 Å². The fourth-order valence-electron chi connectivity index (χ4n) is 4.13. The first-order valence-electron chi connectivity index (χ1n) is 9.44. The van der Waals surface area contributed by atoms with Crippen LogP contribution in [-0.4, -0.2) is 17.7 Å². The Morgan fingerprint density at radius 2 is 1.93 bits per heavy atom. The third kappa shape index (κ3) is 3.80. The van der Waals surface area contributed by atoms with Gasteiger partial charge in [0.2, 0.25) is 0 Å². The van der Waals surface area contributed by atoms with Gasteiger partial charge in [0.25, 0.3) is 5.69 Å². The maximum absolute atomic E-state index is 13.2. The van der Waals surface area contributed by atoms with Crippen molar-refractivity contribution >= 4 is 23.3 Å². The molecule has 1 heterocycles. The van der Waals surface area contributed by atoms with E-state index in [0.29, 0.717) is 34.7 Å². The van der Waals surface area contributed by atoms with Crippen molar-refractivity contribution < 1.29 is 23.9 Å². The molecule has 1 aliphatic carbocycles. The van der Waals surface area contributed by atoms with E-state index in [2.05, 4.69) is 0 Å². The molecule has 1 fully saturated rings. The SMILES string of the molecule is O=C(OCc1cc([N+](=O)[O-])cc2c1OCOC2)C1(c2ccc(Cl)cc2)CCCC1. The summed E-state index contributed by atoms with van der Waals surface area (Å²) >= 11 is 6.00. The number of nitrogens with zero attached hydrogens (tertiary/aromatic N) is 1. The molecular formula is C21H20ClNO6. The number of halogens is 1. The van der Waals surface area contributed by atoms with Crippen LogP contribution in [0.3, 0.4) is 0 Å². The van der Waals surface area contributed by atoms with E-state index in [1.807, 2.05) is 12.1 Å². The lowest BCUT2D eigenvalue weighted by Gasteiger charge is -2.28. The average molecular weight is 418 g/mol. The maximum atomic E-state index is 13.2. The van der Waals surface area contributed by atoms with Crippen molar-refractivity contribution in [2.24, 2.45) is 0 Å². The summed E-state index contributed by atoms with van der Waals surface area (Å²) in [4.78, 5) is 23.9. The molecule has 2 aromatic rings. The van der Waals surface area contributed by atoms with E-state index < -0.39 is 10.3 Å². The predicted octanol–water partition coefficient (Wildman–Crippen LogP) is 4.67. The Kier molecular flexibility index (Phi) is 5.43. The van der Waals surface area contributed by atoms with E-state index in [0.717, 1.165) is 18.4 Å². The second-order valence-electron chi connectivity index (χ2n) is 7.33. The predicted molar refractivity (Wildman–Crippen MR) is 105 cm³/mol. The largest absolute Gasteiger partial charge is 0.467 e. The minimum atomic E-state index is -0.713. The molecule has 29 heavy (non-hydrogen) atoms. The molecule has 0 bridgehead atoms. The van der Waals surface area contributed by atoms with Crippen molar-refractivity contribution in [1.82, 2.24) is 0 Å². The van der Waals surface area contributed by atoms with Crippen molar-refractivity contribution in [3.8, 4) is 5.75 Å². The summed E-state index contributed by atoms with van der Waals surface area (Å²) in [5.41, 5.74) is 1.13. The van der Waals surface area contributed by atoms with E-state index in [4.69, 9.17) is 25.8 Å². The number of benzene rings is 2. The van der Waals surface area contributed by atoms with E-state index in [9.17, 15) is 14.9 Å². The highest BCUT2D eigenvalue weighted by Gasteiger charge is 2.44. The normalized spacial score (nSPS) is 17.3. The Hall–Kier alpha value is -2.64. The van der Waals surface area contributed by atoms with Crippen LogP contribution in [0.15, 0.2) is 36.4 Å². The first kappa shape index (κ1) is 19.7. The van der Waals surface area contributed by atoms with Gasteiger partial charge in [-0.05, 0) is 30.5 Å². The van der Waals surface area contributed by atoms with E-state index in [1.165, 1.54) is 12.1 Å². The number of nitro benzene ring substituents is 1. The summed E-state index contributed by atoms with van der Waals surface area (Å²) in [7, 11) is 0. The summed E-state index contributed by atoms with van der Waals surface area (Å²) in [6, 6.07) is 10.1. The number of carbonyl (C=O) groups is 1. The van der Waals surface area contributed by atoms with Crippen LogP contribution in [-0.2, 0) is 32.9 Å². The van der Waals surface area contributed by atoms with Crippen LogP contribution in [0.25, 0.3) is 0 Å². The number of hydrogen-bond donors (Lipinski definition) is 0. The molecule has 7 nitrogen and oxygen atoms in total. The van der Waals surface area contributed by atoms with Crippen molar-refractivity contribution in [3.05, 3.63) is 68.2 Å². The molecule has 0 spiro atoms. The molecule has 2 aromatic carbocycles. The van der Waals surface area contributed by atoms with Crippen LogP contribution >= 0.6 is 11.6 Å². The third-order valence-electron chi connectivity index (χ3n) is 5.59. The molecule has 8 heteroatoms.